The maximum absolute atomic E-state index is 11.9. The van der Waals surface area contributed by atoms with Gasteiger partial charge in [-0.15, -0.1) is 0 Å². The van der Waals surface area contributed by atoms with Crippen LogP contribution in [0.15, 0.2) is 41.5 Å². The summed E-state index contributed by atoms with van der Waals surface area (Å²) in [7, 11) is 0. The molecule has 0 fully saturated rings. The maximum Gasteiger partial charge on any atom is 0.259 e. The fraction of sp³-hybridized carbons (Fsp3) is 0.222. The number of hydrogen-bond donors (Lipinski definition) is 3. The molecule has 1 aliphatic rings. The molecule has 0 atom stereocenters. The van der Waals surface area contributed by atoms with Crippen molar-refractivity contribution < 1.29 is 24.1 Å². The zero-order valence-electron chi connectivity index (χ0n) is 14.2. The van der Waals surface area contributed by atoms with Crippen LogP contribution in [0, 0.1) is 0 Å². The minimum absolute atomic E-state index is 0.0523. The van der Waals surface area contributed by atoms with Crippen molar-refractivity contribution in [1.29, 1.82) is 0 Å². The third kappa shape index (κ3) is 4.35. The first-order valence-electron chi connectivity index (χ1n) is 8.07. The number of benzene rings is 2. The predicted molar refractivity (Wildman–Crippen MR) is 96.1 cm³/mol. The van der Waals surface area contributed by atoms with Crippen LogP contribution in [-0.2, 0) is 4.79 Å². The number of aromatic hydroxyl groups is 1. The van der Waals surface area contributed by atoms with E-state index in [2.05, 4.69) is 15.8 Å². The first-order valence-corrected chi connectivity index (χ1v) is 8.07. The number of hydrogen-bond acceptors (Lipinski definition) is 7. The van der Waals surface area contributed by atoms with Crippen molar-refractivity contribution in [1.82, 2.24) is 5.43 Å². The summed E-state index contributed by atoms with van der Waals surface area (Å²) < 4.78 is 15.8. The lowest BCUT2D eigenvalue weighted by Gasteiger charge is -2.07. The molecule has 2 aromatic rings. The molecule has 136 valence electrons. The Morgan fingerprint density at radius 3 is 2.96 bits per heavy atom. The van der Waals surface area contributed by atoms with Crippen molar-refractivity contribution in [2.45, 2.75) is 6.92 Å². The summed E-state index contributed by atoms with van der Waals surface area (Å²) in [5.41, 5.74) is 3.86. The van der Waals surface area contributed by atoms with E-state index in [1.54, 1.807) is 30.3 Å². The standard InChI is InChI=1S/C18H19N3O5/c1-2-24-16-7-12(3-5-14(16)22)9-20-21-18(23)10-19-13-4-6-15-17(8-13)26-11-25-15/h3-9,19,22H,2,10-11H2,1H3,(H,21,23)/b20-9+. The summed E-state index contributed by atoms with van der Waals surface area (Å²) in [5, 5.41) is 16.5. The van der Waals surface area contributed by atoms with Gasteiger partial charge in [-0.05, 0) is 42.8 Å². The monoisotopic (exact) mass is 357 g/mol. The van der Waals surface area contributed by atoms with Crippen LogP contribution < -0.4 is 25.0 Å². The Hall–Kier alpha value is -3.42. The number of ether oxygens (including phenoxy) is 3. The highest BCUT2D eigenvalue weighted by atomic mass is 16.7. The molecule has 26 heavy (non-hydrogen) atoms. The average Bonchev–Trinajstić information content (AvgIpc) is 3.10. The van der Waals surface area contributed by atoms with Gasteiger partial charge in [0, 0.05) is 11.8 Å². The Kier molecular flexibility index (Phi) is 5.43. The van der Waals surface area contributed by atoms with E-state index in [4.69, 9.17) is 14.2 Å². The number of fused-ring (bicyclic) bond motifs is 1. The molecule has 0 radical (unpaired) electrons. The van der Waals surface area contributed by atoms with Crippen molar-refractivity contribution in [2.24, 2.45) is 5.10 Å². The fourth-order valence-electron chi connectivity index (χ4n) is 2.29. The summed E-state index contributed by atoms with van der Waals surface area (Å²) in [5.74, 6) is 1.45. The molecule has 8 heteroatoms. The highest BCUT2D eigenvalue weighted by Gasteiger charge is 2.13. The van der Waals surface area contributed by atoms with Gasteiger partial charge >= 0.3 is 0 Å². The average molecular weight is 357 g/mol. The Balaban J connectivity index is 1.49. The van der Waals surface area contributed by atoms with Gasteiger partial charge in [-0.2, -0.15) is 5.10 Å². The Morgan fingerprint density at radius 2 is 2.12 bits per heavy atom. The molecule has 1 aliphatic heterocycles. The molecule has 0 saturated carbocycles. The van der Waals surface area contributed by atoms with Gasteiger partial charge < -0.3 is 24.6 Å². The number of nitrogens with zero attached hydrogens (tertiary/aromatic N) is 1. The van der Waals surface area contributed by atoms with E-state index in [1.165, 1.54) is 12.3 Å². The van der Waals surface area contributed by atoms with Crippen LogP contribution in [0.3, 0.4) is 0 Å². The molecule has 2 aromatic carbocycles. The summed E-state index contributed by atoms with van der Waals surface area (Å²) in [6, 6.07) is 10.2. The first-order chi connectivity index (χ1) is 12.7. The lowest BCUT2D eigenvalue weighted by atomic mass is 10.2. The van der Waals surface area contributed by atoms with E-state index < -0.39 is 0 Å². The number of anilines is 1. The smallest absolute Gasteiger partial charge is 0.259 e. The van der Waals surface area contributed by atoms with Crippen LogP contribution in [0.2, 0.25) is 0 Å². The van der Waals surface area contributed by atoms with E-state index in [1.807, 2.05) is 6.92 Å². The van der Waals surface area contributed by atoms with Crippen LogP contribution in [0.25, 0.3) is 0 Å². The topological polar surface area (TPSA) is 101 Å². The highest BCUT2D eigenvalue weighted by molar-refractivity contribution is 5.84. The number of nitrogens with one attached hydrogen (secondary N) is 2. The molecule has 1 heterocycles. The number of rotatable bonds is 7. The van der Waals surface area contributed by atoms with Crippen molar-refractivity contribution in [3.05, 3.63) is 42.0 Å². The first kappa shape index (κ1) is 17.4. The van der Waals surface area contributed by atoms with Gasteiger partial charge in [-0.25, -0.2) is 5.43 Å². The second-order valence-corrected chi connectivity index (χ2v) is 5.37. The molecule has 0 spiro atoms. The van der Waals surface area contributed by atoms with Crippen LogP contribution in [0.4, 0.5) is 5.69 Å². The molecular weight excluding hydrogens is 338 g/mol. The summed E-state index contributed by atoms with van der Waals surface area (Å²) in [6.45, 7) is 2.52. The maximum atomic E-state index is 11.9. The molecule has 0 saturated heterocycles. The molecule has 0 aliphatic carbocycles. The van der Waals surface area contributed by atoms with Gasteiger partial charge in [-0.1, -0.05) is 0 Å². The Labute approximate surface area is 150 Å². The van der Waals surface area contributed by atoms with Gasteiger partial charge in [0.05, 0.1) is 19.4 Å². The van der Waals surface area contributed by atoms with Crippen LogP contribution in [0.1, 0.15) is 12.5 Å². The summed E-state index contributed by atoms with van der Waals surface area (Å²) in [4.78, 5) is 11.9. The molecule has 3 rings (SSSR count). The SMILES string of the molecule is CCOc1cc(/C=N/NC(=O)CNc2ccc3c(c2)OCO3)ccc1O. The lowest BCUT2D eigenvalue weighted by molar-refractivity contribution is -0.119. The minimum Gasteiger partial charge on any atom is -0.504 e. The molecule has 0 unspecified atom stereocenters. The number of carbonyl (C=O) groups is 1. The van der Waals surface area contributed by atoms with Crippen molar-refractivity contribution >= 4 is 17.8 Å². The third-order valence-corrected chi connectivity index (χ3v) is 3.51. The Bertz CT molecular complexity index is 822. The van der Waals surface area contributed by atoms with Crippen LogP contribution >= 0.6 is 0 Å². The van der Waals surface area contributed by atoms with E-state index in [9.17, 15) is 9.90 Å². The number of hydrazone groups is 1. The number of amides is 1. The molecule has 0 aromatic heterocycles. The fourth-order valence-corrected chi connectivity index (χ4v) is 2.29. The second kappa shape index (κ2) is 8.11. The highest BCUT2D eigenvalue weighted by Crippen LogP contribution is 2.34. The lowest BCUT2D eigenvalue weighted by Crippen LogP contribution is -2.25. The number of carbonyl (C=O) groups excluding carboxylic acids is 1. The predicted octanol–water partition coefficient (Wildman–Crippen LogP) is 2.08. The molecular formula is C18H19N3O5. The molecule has 8 nitrogen and oxygen atoms in total. The number of phenolic OH excluding ortho intramolecular Hbond substituents is 1. The van der Waals surface area contributed by atoms with Crippen molar-refractivity contribution in [2.75, 3.05) is 25.3 Å². The van der Waals surface area contributed by atoms with Crippen molar-refractivity contribution in [3.63, 3.8) is 0 Å². The molecule has 1 amide bonds. The molecule has 0 bridgehead atoms. The van der Waals surface area contributed by atoms with Gasteiger partial charge in [0.1, 0.15) is 0 Å². The van der Waals surface area contributed by atoms with E-state index >= 15 is 0 Å². The Morgan fingerprint density at radius 1 is 1.27 bits per heavy atom. The normalized spacial score (nSPS) is 12.2. The third-order valence-electron chi connectivity index (χ3n) is 3.51. The summed E-state index contributed by atoms with van der Waals surface area (Å²) >= 11 is 0. The van der Waals surface area contributed by atoms with Crippen LogP contribution in [0.5, 0.6) is 23.0 Å². The van der Waals surface area contributed by atoms with E-state index in [-0.39, 0.29) is 25.0 Å². The molecule has 3 N–H and O–H groups in total. The number of phenols is 1. The largest absolute Gasteiger partial charge is 0.504 e. The van der Waals surface area contributed by atoms with Gasteiger partial charge in [0.25, 0.3) is 5.91 Å². The zero-order valence-corrected chi connectivity index (χ0v) is 14.2. The second-order valence-electron chi connectivity index (χ2n) is 5.37. The minimum atomic E-state index is -0.303. The quantitative estimate of drug-likeness (QED) is 0.518. The van der Waals surface area contributed by atoms with Gasteiger partial charge in [-0.3, -0.25) is 4.79 Å². The summed E-state index contributed by atoms with van der Waals surface area (Å²) in [6.07, 6.45) is 1.47. The van der Waals surface area contributed by atoms with Crippen LogP contribution in [-0.4, -0.2) is 37.2 Å². The van der Waals surface area contributed by atoms with Crippen molar-refractivity contribution in [3.8, 4) is 23.0 Å². The zero-order chi connectivity index (χ0) is 18.4. The van der Waals surface area contributed by atoms with E-state index in [0.717, 1.165) is 5.69 Å². The van der Waals surface area contributed by atoms with Gasteiger partial charge in [0.2, 0.25) is 6.79 Å². The van der Waals surface area contributed by atoms with Gasteiger partial charge in [0.15, 0.2) is 23.0 Å². The van der Waals surface area contributed by atoms with E-state index in [0.29, 0.717) is 29.4 Å².